The second-order valence-electron chi connectivity index (χ2n) is 6.30. The molecule has 3 aromatic carbocycles. The van der Waals surface area contributed by atoms with Gasteiger partial charge in [0.2, 0.25) is 0 Å². The molecule has 3 aromatic rings. The average molecular weight is 413 g/mol. The number of carbonyl (C=O) groups excluding carboxylic acids is 1. The summed E-state index contributed by atoms with van der Waals surface area (Å²) < 4.78 is 52.3. The largest absolute Gasteiger partial charge is 0.416 e. The number of urea groups is 1. The SMILES string of the molecule is N#CC(c1ccccc1)N(C(=O)Nc1cccc(C(F)(F)F)c1)c1ccc(F)cc1. The first-order chi connectivity index (χ1) is 14.3. The first kappa shape index (κ1) is 20.9. The third kappa shape index (κ3) is 4.75. The highest BCUT2D eigenvalue weighted by atomic mass is 19.4. The number of amides is 2. The van der Waals surface area contributed by atoms with E-state index in [9.17, 15) is 27.6 Å². The van der Waals surface area contributed by atoms with Crippen LogP contribution in [-0.4, -0.2) is 6.03 Å². The quantitative estimate of drug-likeness (QED) is 0.522. The van der Waals surface area contributed by atoms with Gasteiger partial charge in [-0.25, -0.2) is 9.18 Å². The zero-order valence-electron chi connectivity index (χ0n) is 15.4. The minimum Gasteiger partial charge on any atom is -0.307 e. The first-order valence-electron chi connectivity index (χ1n) is 8.77. The molecule has 0 radical (unpaired) electrons. The zero-order chi connectivity index (χ0) is 21.7. The summed E-state index contributed by atoms with van der Waals surface area (Å²) in [5, 5.41) is 12.1. The number of carbonyl (C=O) groups is 1. The van der Waals surface area contributed by atoms with Crippen LogP contribution in [0.5, 0.6) is 0 Å². The Hall–Kier alpha value is -3.86. The molecule has 0 saturated heterocycles. The van der Waals surface area contributed by atoms with E-state index in [1.165, 1.54) is 24.3 Å². The van der Waals surface area contributed by atoms with Crippen LogP contribution in [0.3, 0.4) is 0 Å². The number of hydrogen-bond acceptors (Lipinski definition) is 2. The summed E-state index contributed by atoms with van der Waals surface area (Å²) in [7, 11) is 0. The maximum absolute atomic E-state index is 13.4. The summed E-state index contributed by atoms with van der Waals surface area (Å²) in [6.07, 6.45) is -4.57. The fourth-order valence-electron chi connectivity index (χ4n) is 2.86. The van der Waals surface area contributed by atoms with Crippen LogP contribution in [0.25, 0.3) is 0 Å². The van der Waals surface area contributed by atoms with E-state index in [0.717, 1.165) is 29.2 Å². The zero-order valence-corrected chi connectivity index (χ0v) is 15.4. The predicted molar refractivity (Wildman–Crippen MR) is 104 cm³/mol. The average Bonchev–Trinajstić information content (AvgIpc) is 2.73. The van der Waals surface area contributed by atoms with Gasteiger partial charge in [0.25, 0.3) is 0 Å². The standard InChI is InChI=1S/C22H15F4N3O/c23-17-9-11-19(12-10-17)29(20(14-27)15-5-2-1-3-6-15)21(30)28-18-8-4-7-16(13-18)22(24,25)26/h1-13,20H,(H,28,30). The molecular formula is C22H15F4N3O. The molecule has 152 valence electrons. The minimum atomic E-state index is -4.57. The molecule has 8 heteroatoms. The summed E-state index contributed by atoms with van der Waals surface area (Å²) in [5.74, 6) is -0.537. The Bertz CT molecular complexity index is 1060. The van der Waals surface area contributed by atoms with Crippen molar-refractivity contribution >= 4 is 17.4 Å². The van der Waals surface area contributed by atoms with E-state index in [4.69, 9.17) is 0 Å². The van der Waals surface area contributed by atoms with Crippen LogP contribution in [0.2, 0.25) is 0 Å². The summed E-state index contributed by atoms with van der Waals surface area (Å²) in [5.41, 5.74) is -0.319. The lowest BCUT2D eigenvalue weighted by Crippen LogP contribution is -2.38. The second-order valence-corrected chi connectivity index (χ2v) is 6.30. The number of nitrogens with zero attached hydrogens (tertiary/aromatic N) is 2. The lowest BCUT2D eigenvalue weighted by molar-refractivity contribution is -0.137. The minimum absolute atomic E-state index is 0.0910. The van der Waals surface area contributed by atoms with Crippen LogP contribution in [0, 0.1) is 17.1 Å². The maximum atomic E-state index is 13.4. The van der Waals surface area contributed by atoms with Crippen LogP contribution in [0.4, 0.5) is 33.7 Å². The summed E-state index contributed by atoms with van der Waals surface area (Å²) in [6, 6.07) is 17.5. The molecule has 1 atom stereocenters. The van der Waals surface area contributed by atoms with Crippen molar-refractivity contribution in [1.82, 2.24) is 0 Å². The molecule has 0 aliphatic rings. The van der Waals surface area contributed by atoms with Gasteiger partial charge >= 0.3 is 12.2 Å². The number of hydrogen-bond donors (Lipinski definition) is 1. The number of anilines is 2. The van der Waals surface area contributed by atoms with Crippen molar-refractivity contribution in [3.05, 3.63) is 95.8 Å². The van der Waals surface area contributed by atoms with Crippen molar-refractivity contribution in [3.8, 4) is 6.07 Å². The number of halogens is 4. The smallest absolute Gasteiger partial charge is 0.307 e. The van der Waals surface area contributed by atoms with E-state index < -0.39 is 29.6 Å². The summed E-state index contributed by atoms with van der Waals surface area (Å²) >= 11 is 0. The third-order valence-electron chi connectivity index (χ3n) is 4.26. The van der Waals surface area contributed by atoms with Crippen molar-refractivity contribution < 1.29 is 22.4 Å². The van der Waals surface area contributed by atoms with Gasteiger partial charge in [0.15, 0.2) is 6.04 Å². The second kappa shape index (κ2) is 8.66. The van der Waals surface area contributed by atoms with Gasteiger partial charge in [0, 0.05) is 11.4 Å². The maximum Gasteiger partial charge on any atom is 0.416 e. The molecule has 3 rings (SSSR count). The van der Waals surface area contributed by atoms with Gasteiger partial charge in [-0.05, 0) is 48.0 Å². The lowest BCUT2D eigenvalue weighted by atomic mass is 10.1. The molecule has 0 heterocycles. The highest BCUT2D eigenvalue weighted by molar-refractivity contribution is 6.02. The number of benzene rings is 3. The fraction of sp³-hybridized carbons (Fsp3) is 0.0909. The normalized spacial score (nSPS) is 12.0. The van der Waals surface area contributed by atoms with E-state index in [0.29, 0.717) is 5.56 Å². The van der Waals surface area contributed by atoms with Gasteiger partial charge in [-0.1, -0.05) is 36.4 Å². The molecule has 2 amide bonds. The van der Waals surface area contributed by atoms with Crippen LogP contribution in [-0.2, 0) is 6.18 Å². The van der Waals surface area contributed by atoms with Gasteiger partial charge in [0.05, 0.1) is 11.6 Å². The molecule has 0 aliphatic heterocycles. The van der Waals surface area contributed by atoms with Gasteiger partial charge in [0.1, 0.15) is 5.82 Å². The summed E-state index contributed by atoms with van der Waals surface area (Å²) in [4.78, 5) is 14.1. The third-order valence-corrected chi connectivity index (χ3v) is 4.26. The van der Waals surface area contributed by atoms with Crippen molar-refractivity contribution in [2.24, 2.45) is 0 Å². The Labute approximate surface area is 170 Å². The molecule has 30 heavy (non-hydrogen) atoms. The highest BCUT2D eigenvalue weighted by Crippen LogP contribution is 2.32. The van der Waals surface area contributed by atoms with Crippen LogP contribution >= 0.6 is 0 Å². The Morgan fingerprint density at radius 3 is 2.23 bits per heavy atom. The molecule has 1 N–H and O–H groups in total. The van der Waals surface area contributed by atoms with Crippen LogP contribution in [0.1, 0.15) is 17.2 Å². The highest BCUT2D eigenvalue weighted by Gasteiger charge is 2.31. The van der Waals surface area contributed by atoms with Crippen molar-refractivity contribution in [3.63, 3.8) is 0 Å². The van der Waals surface area contributed by atoms with E-state index >= 15 is 0 Å². The van der Waals surface area contributed by atoms with Gasteiger partial charge in [-0.15, -0.1) is 0 Å². The predicted octanol–water partition coefficient (Wildman–Crippen LogP) is 6.15. The number of alkyl halides is 3. The monoisotopic (exact) mass is 413 g/mol. The van der Waals surface area contributed by atoms with E-state index in [2.05, 4.69) is 5.32 Å². The molecule has 4 nitrogen and oxygen atoms in total. The molecular weight excluding hydrogens is 398 g/mol. The molecule has 0 bridgehead atoms. The number of nitriles is 1. The number of nitrogens with one attached hydrogen (secondary N) is 1. The molecule has 0 saturated carbocycles. The molecule has 0 fully saturated rings. The molecule has 0 spiro atoms. The Morgan fingerprint density at radius 2 is 1.63 bits per heavy atom. The van der Waals surface area contributed by atoms with Crippen molar-refractivity contribution in [1.29, 1.82) is 5.26 Å². The van der Waals surface area contributed by atoms with Gasteiger partial charge in [-0.3, -0.25) is 4.90 Å². The van der Waals surface area contributed by atoms with E-state index in [1.807, 2.05) is 6.07 Å². The lowest BCUT2D eigenvalue weighted by Gasteiger charge is -2.28. The topological polar surface area (TPSA) is 56.1 Å². The Kier molecular flexibility index (Phi) is 6.02. The molecule has 0 aliphatic carbocycles. The molecule has 0 aromatic heterocycles. The van der Waals surface area contributed by atoms with Crippen molar-refractivity contribution in [2.45, 2.75) is 12.2 Å². The fourth-order valence-corrected chi connectivity index (χ4v) is 2.86. The van der Waals surface area contributed by atoms with Crippen molar-refractivity contribution in [2.75, 3.05) is 10.2 Å². The van der Waals surface area contributed by atoms with Gasteiger partial charge in [-0.2, -0.15) is 18.4 Å². The molecule has 1 unspecified atom stereocenters. The number of rotatable bonds is 4. The van der Waals surface area contributed by atoms with E-state index in [1.54, 1.807) is 30.3 Å². The Morgan fingerprint density at radius 1 is 0.967 bits per heavy atom. The first-order valence-corrected chi connectivity index (χ1v) is 8.77. The van der Waals surface area contributed by atoms with Crippen LogP contribution in [0.15, 0.2) is 78.9 Å². The van der Waals surface area contributed by atoms with Gasteiger partial charge < -0.3 is 5.32 Å². The summed E-state index contributed by atoms with van der Waals surface area (Å²) in [6.45, 7) is 0. The van der Waals surface area contributed by atoms with Crippen LogP contribution < -0.4 is 10.2 Å². The Balaban J connectivity index is 1.99. The van der Waals surface area contributed by atoms with E-state index in [-0.39, 0.29) is 11.4 Å².